The maximum Gasteiger partial charge on any atom is 0.220 e. The molecule has 0 bridgehead atoms. The Bertz CT molecular complexity index is 340. The highest BCUT2D eigenvalue weighted by molar-refractivity contribution is 9.12. The smallest absolute Gasteiger partial charge is 0.220 e. The third-order valence-corrected chi connectivity index (χ3v) is 2.51. The molecule has 1 unspecified atom stereocenters. The molecule has 1 amide bonds. The van der Waals surface area contributed by atoms with Gasteiger partial charge < -0.3 is 10.8 Å². The predicted molar refractivity (Wildman–Crippen MR) is 54.7 cm³/mol. The molecule has 1 atom stereocenters. The van der Waals surface area contributed by atoms with Gasteiger partial charge in [-0.05, 0) is 28.1 Å². The van der Waals surface area contributed by atoms with Crippen molar-refractivity contribution in [3.05, 3.63) is 21.7 Å². The summed E-state index contributed by atoms with van der Waals surface area (Å²) in [6, 6.07) is 0. The third-order valence-electron chi connectivity index (χ3n) is 1.64. The van der Waals surface area contributed by atoms with Crippen molar-refractivity contribution in [2.45, 2.75) is 12.0 Å². The summed E-state index contributed by atoms with van der Waals surface area (Å²) in [5.74, 6) is -1.11. The van der Waals surface area contributed by atoms with Gasteiger partial charge in [0.15, 0.2) is 0 Å². The normalized spacial score (nSPS) is 26.9. The first kappa shape index (κ1) is 11.4. The maximum absolute atomic E-state index is 11.2. The average Bonchev–Trinajstić information content (AvgIpc) is 1.97. The van der Waals surface area contributed by atoms with Crippen molar-refractivity contribution < 1.29 is 14.7 Å². The Kier molecular flexibility index (Phi) is 3.14. The summed E-state index contributed by atoms with van der Waals surface area (Å²) in [4.78, 5) is 21.8. The Morgan fingerprint density at radius 3 is 2.64 bits per heavy atom. The number of carbonyl (C=O) groups excluding carboxylic acids is 2. The third kappa shape index (κ3) is 2.43. The highest BCUT2D eigenvalue weighted by Gasteiger charge is 2.32. The number of ketones is 1. The zero-order valence-electron chi connectivity index (χ0n) is 6.96. The minimum atomic E-state index is -1.57. The number of hydrogen-bond acceptors (Lipinski definition) is 3. The van der Waals surface area contributed by atoms with Crippen LogP contribution in [0.4, 0.5) is 0 Å². The van der Waals surface area contributed by atoms with Gasteiger partial charge in [0.2, 0.25) is 11.7 Å². The lowest BCUT2D eigenvalue weighted by molar-refractivity contribution is -0.120. The van der Waals surface area contributed by atoms with Crippen LogP contribution in [0, 0.1) is 0 Å². The molecule has 0 heterocycles. The largest absolute Gasteiger partial charge is 0.381 e. The first-order valence-electron chi connectivity index (χ1n) is 3.66. The van der Waals surface area contributed by atoms with E-state index in [2.05, 4.69) is 15.9 Å². The van der Waals surface area contributed by atoms with Crippen molar-refractivity contribution in [2.75, 3.05) is 0 Å². The Hall–Kier alpha value is -0.650. The van der Waals surface area contributed by atoms with Gasteiger partial charge in [-0.2, -0.15) is 0 Å². The number of nitrogens with two attached hydrogens (primary N) is 1. The van der Waals surface area contributed by atoms with E-state index in [9.17, 15) is 14.7 Å². The van der Waals surface area contributed by atoms with Gasteiger partial charge in [-0.3, -0.25) is 9.59 Å². The molecule has 1 aliphatic carbocycles. The molecule has 0 aromatic rings. The Morgan fingerprint density at radius 2 is 2.21 bits per heavy atom. The van der Waals surface area contributed by atoms with Gasteiger partial charge in [0.25, 0.3) is 0 Å². The van der Waals surface area contributed by atoms with Gasteiger partial charge >= 0.3 is 0 Å². The van der Waals surface area contributed by atoms with Crippen LogP contribution in [0.25, 0.3) is 0 Å². The van der Waals surface area contributed by atoms with Crippen molar-refractivity contribution in [3.8, 4) is 0 Å². The second-order valence-corrected chi connectivity index (χ2v) is 4.21. The quantitative estimate of drug-likeness (QED) is 0.776. The first-order chi connectivity index (χ1) is 6.34. The van der Waals surface area contributed by atoms with Crippen molar-refractivity contribution >= 4 is 39.2 Å². The summed E-state index contributed by atoms with van der Waals surface area (Å²) in [5, 5.41) is 9.64. The lowest BCUT2D eigenvalue weighted by atomic mass is 9.93. The second-order valence-electron chi connectivity index (χ2n) is 2.95. The molecular weight excluding hydrogens is 273 g/mol. The van der Waals surface area contributed by atoms with E-state index in [1.165, 1.54) is 6.08 Å². The van der Waals surface area contributed by atoms with E-state index in [1.54, 1.807) is 0 Å². The Balaban J connectivity index is 3.02. The molecule has 0 aliphatic heterocycles. The molecule has 4 nitrogen and oxygen atoms in total. The molecule has 1 rings (SSSR count). The summed E-state index contributed by atoms with van der Waals surface area (Å²) < 4.78 is 0.119. The van der Waals surface area contributed by atoms with Crippen LogP contribution >= 0.6 is 27.5 Å². The van der Waals surface area contributed by atoms with Crippen LogP contribution in [0.2, 0.25) is 0 Å². The molecule has 1 aliphatic rings. The SMILES string of the molecule is NC(=O)CC1(O)C=C(Cl)C(=O)C(Br)=C1. The number of halogens is 2. The zero-order valence-corrected chi connectivity index (χ0v) is 9.30. The van der Waals surface area contributed by atoms with Crippen molar-refractivity contribution in [3.63, 3.8) is 0 Å². The minimum Gasteiger partial charge on any atom is -0.381 e. The van der Waals surface area contributed by atoms with Crippen LogP contribution in [0.3, 0.4) is 0 Å². The monoisotopic (exact) mass is 279 g/mol. The zero-order chi connectivity index (χ0) is 10.9. The number of aliphatic hydroxyl groups is 1. The lowest BCUT2D eigenvalue weighted by Gasteiger charge is -2.23. The number of carbonyl (C=O) groups is 2. The first-order valence-corrected chi connectivity index (χ1v) is 4.83. The fraction of sp³-hybridized carbons (Fsp3) is 0.250. The minimum absolute atomic E-state index is 0.119. The van der Waals surface area contributed by atoms with Crippen LogP contribution < -0.4 is 5.73 Å². The van der Waals surface area contributed by atoms with Gasteiger partial charge in [-0.15, -0.1) is 0 Å². The number of hydrogen-bond donors (Lipinski definition) is 2. The molecule has 6 heteroatoms. The molecule has 0 fully saturated rings. The summed E-state index contributed by atoms with van der Waals surface area (Å²) in [6.07, 6.45) is 1.99. The number of amides is 1. The molecule has 0 saturated heterocycles. The van der Waals surface area contributed by atoms with E-state index in [0.717, 1.165) is 6.08 Å². The van der Waals surface area contributed by atoms with Crippen LogP contribution in [0.1, 0.15) is 6.42 Å². The highest BCUT2D eigenvalue weighted by Crippen LogP contribution is 2.30. The van der Waals surface area contributed by atoms with Gasteiger partial charge in [-0.1, -0.05) is 11.6 Å². The molecule has 0 aromatic carbocycles. The second kappa shape index (κ2) is 3.84. The Labute approximate surface area is 93.5 Å². The van der Waals surface area contributed by atoms with Gasteiger partial charge in [0.05, 0.1) is 15.9 Å². The molecule has 0 spiro atoms. The standard InChI is InChI=1S/C8H7BrClNO3/c9-4-1-8(14,3-6(11)12)2-5(10)7(4)13/h1-2,14H,3H2,(H2,11,12). The van der Waals surface area contributed by atoms with E-state index < -0.39 is 17.3 Å². The summed E-state index contributed by atoms with van der Waals surface area (Å²) in [7, 11) is 0. The number of primary amides is 1. The summed E-state index contributed by atoms with van der Waals surface area (Å²) >= 11 is 8.49. The highest BCUT2D eigenvalue weighted by atomic mass is 79.9. The van der Waals surface area contributed by atoms with Crippen LogP contribution in [0.15, 0.2) is 21.7 Å². The van der Waals surface area contributed by atoms with E-state index in [1.807, 2.05) is 0 Å². The Morgan fingerprint density at radius 1 is 1.64 bits per heavy atom. The topological polar surface area (TPSA) is 80.4 Å². The average molecular weight is 281 g/mol. The van der Waals surface area contributed by atoms with Crippen LogP contribution in [-0.2, 0) is 9.59 Å². The molecule has 0 aromatic heterocycles. The summed E-state index contributed by atoms with van der Waals surface area (Å²) in [5.41, 5.74) is 3.36. The number of Topliss-reactive ketones (excluding diaryl/α,β-unsaturated/α-hetero) is 1. The fourth-order valence-electron chi connectivity index (χ4n) is 1.11. The molecule has 76 valence electrons. The molecule has 0 saturated carbocycles. The lowest BCUT2D eigenvalue weighted by Crippen LogP contribution is -2.33. The maximum atomic E-state index is 11.2. The number of rotatable bonds is 2. The number of allylic oxidation sites excluding steroid dienone is 2. The fourth-order valence-corrected chi connectivity index (χ4v) is 2.12. The van der Waals surface area contributed by atoms with Crippen LogP contribution in [-0.4, -0.2) is 22.4 Å². The van der Waals surface area contributed by atoms with Gasteiger partial charge in [0.1, 0.15) is 5.60 Å². The molecular formula is C8H7BrClNO3. The van der Waals surface area contributed by atoms with E-state index in [4.69, 9.17) is 17.3 Å². The van der Waals surface area contributed by atoms with Crippen LogP contribution in [0.5, 0.6) is 0 Å². The summed E-state index contributed by atoms with van der Waals surface area (Å²) in [6.45, 7) is 0. The van der Waals surface area contributed by atoms with Crippen molar-refractivity contribution in [1.82, 2.24) is 0 Å². The van der Waals surface area contributed by atoms with E-state index >= 15 is 0 Å². The van der Waals surface area contributed by atoms with Gasteiger partial charge in [-0.25, -0.2) is 0 Å². The van der Waals surface area contributed by atoms with Crippen molar-refractivity contribution in [2.24, 2.45) is 5.73 Å². The predicted octanol–water partition coefficient (Wildman–Crippen LogP) is 0.577. The van der Waals surface area contributed by atoms with Gasteiger partial charge in [0, 0.05) is 0 Å². The molecule has 0 radical (unpaired) electrons. The molecule has 14 heavy (non-hydrogen) atoms. The van der Waals surface area contributed by atoms with Crippen molar-refractivity contribution in [1.29, 1.82) is 0 Å². The van der Waals surface area contributed by atoms with E-state index in [-0.39, 0.29) is 15.9 Å². The van der Waals surface area contributed by atoms with E-state index in [0.29, 0.717) is 0 Å². The molecule has 3 N–H and O–H groups in total.